The maximum atomic E-state index is 12.6. The molecule has 1 aliphatic heterocycles. The summed E-state index contributed by atoms with van der Waals surface area (Å²) in [5, 5.41) is 2.30. The van der Waals surface area contributed by atoms with Gasteiger partial charge in [0.25, 0.3) is 5.91 Å². The van der Waals surface area contributed by atoms with Gasteiger partial charge in [-0.15, -0.1) is 0 Å². The van der Waals surface area contributed by atoms with Crippen molar-refractivity contribution in [3.8, 4) is 5.75 Å². The molecule has 1 amide bonds. The highest BCUT2D eigenvalue weighted by Gasteiger charge is 2.25. The summed E-state index contributed by atoms with van der Waals surface area (Å²) in [6, 6.07) is 14.1. The maximum Gasteiger partial charge on any atom is 0.263 e. The van der Waals surface area contributed by atoms with Crippen molar-refractivity contribution in [2.75, 3.05) is 32.7 Å². The third kappa shape index (κ3) is 3.88. The Morgan fingerprint density at radius 1 is 1.08 bits per heavy atom. The van der Waals surface area contributed by atoms with Gasteiger partial charge < -0.3 is 9.64 Å². The number of ether oxygens (including phenoxy) is 1. The smallest absolute Gasteiger partial charge is 0.263 e. The predicted octanol–water partition coefficient (Wildman–Crippen LogP) is 3.16. The lowest BCUT2D eigenvalue weighted by molar-refractivity contribution is -0.139. The molecule has 0 saturated carbocycles. The van der Waals surface area contributed by atoms with E-state index in [9.17, 15) is 4.79 Å². The van der Waals surface area contributed by atoms with E-state index in [-0.39, 0.29) is 5.91 Å². The zero-order valence-electron chi connectivity index (χ0n) is 14.6. The zero-order chi connectivity index (χ0) is 16.9. The van der Waals surface area contributed by atoms with Crippen molar-refractivity contribution < 1.29 is 9.53 Å². The van der Waals surface area contributed by atoms with Gasteiger partial charge in [0.05, 0.1) is 0 Å². The summed E-state index contributed by atoms with van der Waals surface area (Å²) in [4.78, 5) is 17.0. The Bertz CT molecular complexity index is 693. The van der Waals surface area contributed by atoms with Gasteiger partial charge in [-0.05, 0) is 42.8 Å². The second-order valence-electron chi connectivity index (χ2n) is 6.44. The van der Waals surface area contributed by atoms with Crippen LogP contribution in [-0.4, -0.2) is 54.5 Å². The normalized spacial score (nSPS) is 17.0. The van der Waals surface area contributed by atoms with Crippen LogP contribution < -0.4 is 4.74 Å². The number of nitrogens with zero attached hydrogens (tertiary/aromatic N) is 2. The van der Waals surface area contributed by atoms with Crippen LogP contribution >= 0.6 is 0 Å². The highest BCUT2D eigenvalue weighted by Crippen LogP contribution is 2.22. The molecule has 1 saturated heterocycles. The van der Waals surface area contributed by atoms with E-state index >= 15 is 0 Å². The van der Waals surface area contributed by atoms with E-state index in [0.717, 1.165) is 50.3 Å². The number of piperazine rings is 1. The van der Waals surface area contributed by atoms with Gasteiger partial charge in [-0.25, -0.2) is 0 Å². The van der Waals surface area contributed by atoms with Crippen LogP contribution in [0.2, 0.25) is 0 Å². The van der Waals surface area contributed by atoms with E-state index in [2.05, 4.69) is 24.0 Å². The highest BCUT2D eigenvalue weighted by molar-refractivity contribution is 5.84. The quantitative estimate of drug-likeness (QED) is 0.846. The molecule has 2 aromatic rings. The lowest BCUT2D eigenvalue weighted by Gasteiger charge is -2.35. The summed E-state index contributed by atoms with van der Waals surface area (Å²) >= 11 is 0. The van der Waals surface area contributed by atoms with Crippen molar-refractivity contribution in [2.45, 2.75) is 26.4 Å². The SMILES string of the molecule is CCCN1CCN(C(=O)[C@H](C)Oc2ccc3ccccc3c2)CC1. The second-order valence-corrected chi connectivity index (χ2v) is 6.44. The molecule has 1 heterocycles. The van der Waals surface area contributed by atoms with Gasteiger partial charge in [0.1, 0.15) is 5.75 Å². The molecular weight excluding hydrogens is 300 g/mol. The molecule has 0 unspecified atom stereocenters. The molecule has 3 rings (SSSR count). The average molecular weight is 326 g/mol. The van der Waals surface area contributed by atoms with E-state index in [1.54, 1.807) is 0 Å². The minimum absolute atomic E-state index is 0.0827. The molecule has 0 radical (unpaired) electrons. The Kier molecular flexibility index (Phi) is 5.36. The Hall–Kier alpha value is -2.07. The fraction of sp³-hybridized carbons (Fsp3) is 0.450. The van der Waals surface area contributed by atoms with E-state index in [1.165, 1.54) is 5.39 Å². The van der Waals surface area contributed by atoms with E-state index in [4.69, 9.17) is 4.74 Å². The number of hydrogen-bond donors (Lipinski definition) is 0. The van der Waals surface area contributed by atoms with Crippen LogP contribution in [0.25, 0.3) is 10.8 Å². The van der Waals surface area contributed by atoms with Gasteiger partial charge in [0.2, 0.25) is 0 Å². The molecule has 4 nitrogen and oxygen atoms in total. The molecule has 2 aromatic carbocycles. The summed E-state index contributed by atoms with van der Waals surface area (Å²) in [5.74, 6) is 0.832. The molecule has 0 spiro atoms. The van der Waals surface area contributed by atoms with Gasteiger partial charge >= 0.3 is 0 Å². The van der Waals surface area contributed by atoms with Crippen molar-refractivity contribution in [2.24, 2.45) is 0 Å². The van der Waals surface area contributed by atoms with Gasteiger partial charge in [-0.2, -0.15) is 0 Å². The van der Waals surface area contributed by atoms with Crippen molar-refractivity contribution in [1.82, 2.24) is 9.80 Å². The second kappa shape index (κ2) is 7.67. The minimum atomic E-state index is -0.455. The van der Waals surface area contributed by atoms with Crippen LogP contribution in [0.4, 0.5) is 0 Å². The first kappa shape index (κ1) is 16.8. The fourth-order valence-corrected chi connectivity index (χ4v) is 3.26. The largest absolute Gasteiger partial charge is 0.481 e. The number of hydrogen-bond acceptors (Lipinski definition) is 3. The first-order valence-electron chi connectivity index (χ1n) is 8.84. The first-order valence-corrected chi connectivity index (χ1v) is 8.84. The Balaban J connectivity index is 1.59. The summed E-state index contributed by atoms with van der Waals surface area (Å²) in [6.45, 7) is 8.66. The number of rotatable bonds is 5. The molecule has 0 bridgehead atoms. The van der Waals surface area contributed by atoms with Gasteiger partial charge in [0, 0.05) is 26.2 Å². The van der Waals surface area contributed by atoms with Crippen LogP contribution in [0.1, 0.15) is 20.3 Å². The molecule has 1 fully saturated rings. The molecular formula is C20H26N2O2. The fourth-order valence-electron chi connectivity index (χ4n) is 3.26. The third-order valence-electron chi connectivity index (χ3n) is 4.61. The zero-order valence-corrected chi connectivity index (χ0v) is 14.6. The average Bonchev–Trinajstić information content (AvgIpc) is 2.62. The van der Waals surface area contributed by atoms with Crippen molar-refractivity contribution >= 4 is 16.7 Å². The van der Waals surface area contributed by atoms with Crippen LogP contribution in [0.3, 0.4) is 0 Å². The summed E-state index contributed by atoms with van der Waals surface area (Å²) in [5.41, 5.74) is 0. The monoisotopic (exact) mass is 326 g/mol. The van der Waals surface area contributed by atoms with E-state index in [0.29, 0.717) is 0 Å². The predicted molar refractivity (Wildman–Crippen MR) is 97.3 cm³/mol. The van der Waals surface area contributed by atoms with E-state index < -0.39 is 6.10 Å². The lowest BCUT2D eigenvalue weighted by Crippen LogP contribution is -2.51. The van der Waals surface area contributed by atoms with Crippen molar-refractivity contribution in [3.05, 3.63) is 42.5 Å². The van der Waals surface area contributed by atoms with Crippen LogP contribution in [-0.2, 0) is 4.79 Å². The van der Waals surface area contributed by atoms with Crippen LogP contribution in [0.15, 0.2) is 42.5 Å². The van der Waals surface area contributed by atoms with Gasteiger partial charge in [-0.3, -0.25) is 9.69 Å². The topological polar surface area (TPSA) is 32.8 Å². The molecule has 128 valence electrons. The minimum Gasteiger partial charge on any atom is -0.481 e. The summed E-state index contributed by atoms with van der Waals surface area (Å²) in [7, 11) is 0. The van der Waals surface area contributed by atoms with Crippen LogP contribution in [0.5, 0.6) is 5.75 Å². The van der Waals surface area contributed by atoms with Gasteiger partial charge in [-0.1, -0.05) is 37.3 Å². The first-order chi connectivity index (χ1) is 11.7. The molecule has 24 heavy (non-hydrogen) atoms. The lowest BCUT2D eigenvalue weighted by atomic mass is 10.1. The number of carbonyl (C=O) groups excluding carboxylic acids is 1. The number of amides is 1. The van der Waals surface area contributed by atoms with E-state index in [1.807, 2.05) is 42.2 Å². The summed E-state index contributed by atoms with van der Waals surface area (Å²) in [6.07, 6.45) is 0.707. The highest BCUT2D eigenvalue weighted by atomic mass is 16.5. The summed E-state index contributed by atoms with van der Waals surface area (Å²) < 4.78 is 5.91. The molecule has 4 heteroatoms. The number of fused-ring (bicyclic) bond motifs is 1. The van der Waals surface area contributed by atoms with Crippen molar-refractivity contribution in [3.63, 3.8) is 0 Å². The molecule has 1 atom stereocenters. The molecule has 1 aliphatic rings. The third-order valence-corrected chi connectivity index (χ3v) is 4.61. The number of benzene rings is 2. The Morgan fingerprint density at radius 3 is 2.50 bits per heavy atom. The molecule has 0 aliphatic carbocycles. The number of carbonyl (C=O) groups is 1. The van der Waals surface area contributed by atoms with Gasteiger partial charge in [0.15, 0.2) is 6.10 Å². The Morgan fingerprint density at radius 2 is 1.79 bits per heavy atom. The van der Waals surface area contributed by atoms with Crippen LogP contribution in [0, 0.1) is 0 Å². The van der Waals surface area contributed by atoms with Crippen molar-refractivity contribution in [1.29, 1.82) is 0 Å². The Labute approximate surface area is 144 Å². The maximum absolute atomic E-state index is 12.6. The molecule has 0 aromatic heterocycles. The standard InChI is InChI=1S/C20H26N2O2/c1-3-10-21-11-13-22(14-12-21)20(23)16(2)24-19-9-8-17-6-4-5-7-18(17)15-19/h4-9,15-16H,3,10-14H2,1-2H3/t16-/m0/s1. The molecule has 0 N–H and O–H groups in total.